The highest BCUT2D eigenvalue weighted by Gasteiger charge is 2.41. The van der Waals surface area contributed by atoms with E-state index in [4.69, 9.17) is 0 Å². The predicted octanol–water partition coefficient (Wildman–Crippen LogP) is 3.37. The van der Waals surface area contributed by atoms with E-state index < -0.39 is 0 Å². The molecule has 0 saturated carbocycles. The molecule has 2 amide bonds. The van der Waals surface area contributed by atoms with Gasteiger partial charge in [0.2, 0.25) is 0 Å². The molecule has 7 heteroatoms. The second-order valence-electron chi connectivity index (χ2n) is 8.39. The molecule has 2 aliphatic heterocycles. The van der Waals surface area contributed by atoms with Crippen molar-refractivity contribution in [3.05, 3.63) is 102 Å². The first-order valence-electron chi connectivity index (χ1n) is 11.4. The molecule has 2 aliphatic rings. The van der Waals surface area contributed by atoms with Crippen LogP contribution in [0.5, 0.6) is 0 Å². The first-order valence-corrected chi connectivity index (χ1v) is 11.4. The predicted molar refractivity (Wildman–Crippen MR) is 128 cm³/mol. The van der Waals surface area contributed by atoms with Crippen molar-refractivity contribution in [2.24, 2.45) is 0 Å². The number of imide groups is 1. The number of carbonyl (C=O) groups excluding carboxylic acids is 2. The lowest BCUT2D eigenvalue weighted by Gasteiger charge is -2.37. The maximum Gasteiger partial charge on any atom is 0.277 e. The lowest BCUT2D eigenvalue weighted by atomic mass is 10.0. The van der Waals surface area contributed by atoms with Gasteiger partial charge in [-0.15, -0.1) is 0 Å². The number of halogens is 1. The zero-order valence-corrected chi connectivity index (χ0v) is 18.7. The Labute approximate surface area is 197 Å². The summed E-state index contributed by atoms with van der Waals surface area (Å²) in [5, 5.41) is 0. The van der Waals surface area contributed by atoms with Gasteiger partial charge in [-0.25, -0.2) is 9.37 Å². The second-order valence-corrected chi connectivity index (χ2v) is 8.39. The van der Waals surface area contributed by atoms with E-state index >= 15 is 0 Å². The summed E-state index contributed by atoms with van der Waals surface area (Å²) in [6.07, 6.45) is 2.25. The Hall–Kier alpha value is -4.00. The van der Waals surface area contributed by atoms with Gasteiger partial charge in [0.15, 0.2) is 0 Å². The van der Waals surface area contributed by atoms with Crippen molar-refractivity contribution in [3.8, 4) is 0 Å². The van der Waals surface area contributed by atoms with E-state index in [0.29, 0.717) is 43.9 Å². The number of rotatable bonds is 6. The molecule has 0 spiro atoms. The van der Waals surface area contributed by atoms with Gasteiger partial charge in [-0.05, 0) is 41.8 Å². The van der Waals surface area contributed by atoms with E-state index in [1.54, 1.807) is 18.3 Å². The standard InChI is InChI=1S/C27H25FN4O2/c28-22-11-9-20(10-12-22)13-15-32-26(33)24(21-6-2-1-3-7-21)25(27(32)34)31-18-16-30(17-19-31)23-8-4-5-14-29-23/h1-12,14H,13,15-19H2. The molecule has 0 bridgehead atoms. The number of carbonyl (C=O) groups is 2. The third kappa shape index (κ3) is 4.29. The van der Waals surface area contributed by atoms with Gasteiger partial charge in [-0.1, -0.05) is 48.5 Å². The van der Waals surface area contributed by atoms with Crippen LogP contribution >= 0.6 is 0 Å². The fourth-order valence-corrected chi connectivity index (χ4v) is 4.52. The highest BCUT2D eigenvalue weighted by molar-refractivity contribution is 6.35. The van der Waals surface area contributed by atoms with Crippen molar-refractivity contribution in [3.63, 3.8) is 0 Å². The minimum atomic E-state index is -0.308. The molecule has 1 fully saturated rings. The van der Waals surface area contributed by atoms with Crippen LogP contribution in [-0.4, -0.2) is 59.3 Å². The minimum absolute atomic E-state index is 0.247. The summed E-state index contributed by atoms with van der Waals surface area (Å²) >= 11 is 0. The molecule has 34 heavy (non-hydrogen) atoms. The molecule has 2 aromatic carbocycles. The summed E-state index contributed by atoms with van der Waals surface area (Å²) in [5.41, 5.74) is 2.54. The van der Waals surface area contributed by atoms with Crippen LogP contribution in [-0.2, 0) is 16.0 Å². The van der Waals surface area contributed by atoms with Gasteiger partial charge >= 0.3 is 0 Å². The number of aromatic nitrogens is 1. The maximum absolute atomic E-state index is 13.5. The Morgan fingerprint density at radius 3 is 2.12 bits per heavy atom. The van der Waals surface area contributed by atoms with Gasteiger partial charge in [0.25, 0.3) is 11.8 Å². The van der Waals surface area contributed by atoms with Gasteiger partial charge in [-0.3, -0.25) is 14.5 Å². The smallest absolute Gasteiger partial charge is 0.277 e. The van der Waals surface area contributed by atoms with E-state index in [1.807, 2.05) is 53.4 Å². The molecule has 0 unspecified atom stereocenters. The highest BCUT2D eigenvalue weighted by atomic mass is 19.1. The van der Waals surface area contributed by atoms with Gasteiger partial charge in [0.1, 0.15) is 17.3 Å². The van der Waals surface area contributed by atoms with E-state index in [9.17, 15) is 14.0 Å². The number of amides is 2. The maximum atomic E-state index is 13.5. The monoisotopic (exact) mass is 456 g/mol. The number of pyridine rings is 1. The summed E-state index contributed by atoms with van der Waals surface area (Å²) in [4.78, 5) is 37.0. The van der Waals surface area contributed by atoms with Crippen LogP contribution in [0, 0.1) is 5.82 Å². The third-order valence-corrected chi connectivity index (χ3v) is 6.31. The number of anilines is 1. The lowest BCUT2D eigenvalue weighted by molar-refractivity contribution is -0.137. The van der Waals surface area contributed by atoms with E-state index in [-0.39, 0.29) is 24.2 Å². The average molecular weight is 457 g/mol. The van der Waals surface area contributed by atoms with Crippen LogP contribution < -0.4 is 4.90 Å². The second kappa shape index (κ2) is 9.47. The van der Waals surface area contributed by atoms with Gasteiger partial charge in [-0.2, -0.15) is 0 Å². The lowest BCUT2D eigenvalue weighted by Crippen LogP contribution is -2.48. The summed E-state index contributed by atoms with van der Waals surface area (Å²) < 4.78 is 13.2. The van der Waals surface area contributed by atoms with Crippen molar-refractivity contribution in [1.29, 1.82) is 0 Å². The quantitative estimate of drug-likeness (QED) is 0.533. The van der Waals surface area contributed by atoms with Gasteiger partial charge < -0.3 is 9.80 Å². The topological polar surface area (TPSA) is 56.8 Å². The van der Waals surface area contributed by atoms with Crippen LogP contribution in [0.4, 0.5) is 10.2 Å². The summed E-state index contributed by atoms with van der Waals surface area (Å²) in [7, 11) is 0. The Morgan fingerprint density at radius 1 is 0.765 bits per heavy atom. The number of nitrogens with zero attached hydrogens (tertiary/aromatic N) is 4. The fraction of sp³-hybridized carbons (Fsp3) is 0.222. The average Bonchev–Trinajstić information content (AvgIpc) is 3.14. The molecule has 0 atom stereocenters. The van der Waals surface area contributed by atoms with E-state index in [1.165, 1.54) is 17.0 Å². The third-order valence-electron chi connectivity index (χ3n) is 6.31. The van der Waals surface area contributed by atoms with Crippen molar-refractivity contribution in [2.75, 3.05) is 37.6 Å². The summed E-state index contributed by atoms with van der Waals surface area (Å²) in [6, 6.07) is 21.4. The van der Waals surface area contributed by atoms with Crippen LogP contribution in [0.1, 0.15) is 11.1 Å². The first kappa shape index (κ1) is 21.8. The normalized spacial score (nSPS) is 16.6. The van der Waals surface area contributed by atoms with Crippen molar-refractivity contribution in [2.45, 2.75) is 6.42 Å². The molecule has 3 aromatic rings. The van der Waals surface area contributed by atoms with E-state index in [0.717, 1.165) is 16.9 Å². The largest absolute Gasteiger partial charge is 0.363 e. The first-order chi connectivity index (χ1) is 16.6. The molecule has 5 rings (SSSR count). The molecule has 0 radical (unpaired) electrons. The minimum Gasteiger partial charge on any atom is -0.363 e. The molecular formula is C27H25FN4O2. The van der Waals surface area contributed by atoms with Crippen LogP contribution in [0.2, 0.25) is 0 Å². The molecular weight excluding hydrogens is 431 g/mol. The molecule has 1 aromatic heterocycles. The Bertz CT molecular complexity index is 1200. The van der Waals surface area contributed by atoms with Crippen molar-refractivity contribution >= 4 is 23.2 Å². The number of benzene rings is 2. The molecule has 0 N–H and O–H groups in total. The van der Waals surface area contributed by atoms with Crippen molar-refractivity contribution < 1.29 is 14.0 Å². The fourth-order valence-electron chi connectivity index (χ4n) is 4.52. The molecule has 1 saturated heterocycles. The number of hydrogen-bond donors (Lipinski definition) is 0. The van der Waals surface area contributed by atoms with Crippen LogP contribution in [0.3, 0.4) is 0 Å². The summed E-state index contributed by atoms with van der Waals surface area (Å²) in [6.45, 7) is 2.90. The van der Waals surface area contributed by atoms with Gasteiger partial charge in [0, 0.05) is 38.9 Å². The summed E-state index contributed by atoms with van der Waals surface area (Å²) in [5.74, 6) is 0.0594. The Kier molecular flexibility index (Phi) is 6.08. The molecule has 0 aliphatic carbocycles. The van der Waals surface area contributed by atoms with E-state index in [2.05, 4.69) is 9.88 Å². The number of hydrogen-bond acceptors (Lipinski definition) is 5. The Balaban J connectivity index is 1.38. The molecule has 6 nitrogen and oxygen atoms in total. The van der Waals surface area contributed by atoms with Gasteiger partial charge in [0.05, 0.1) is 5.57 Å². The Morgan fingerprint density at radius 2 is 1.44 bits per heavy atom. The van der Waals surface area contributed by atoms with Crippen LogP contribution in [0.15, 0.2) is 84.7 Å². The highest BCUT2D eigenvalue weighted by Crippen LogP contribution is 2.32. The zero-order chi connectivity index (χ0) is 23.5. The molecule has 172 valence electrons. The molecule has 3 heterocycles. The van der Waals surface area contributed by atoms with Crippen LogP contribution in [0.25, 0.3) is 5.57 Å². The number of piperazine rings is 1. The zero-order valence-electron chi connectivity index (χ0n) is 18.7. The SMILES string of the molecule is O=C1C(c2ccccc2)=C(N2CCN(c3ccccn3)CC2)C(=O)N1CCc1ccc(F)cc1. The van der Waals surface area contributed by atoms with Crippen molar-refractivity contribution in [1.82, 2.24) is 14.8 Å².